The average molecular weight is 250 g/mol. The van der Waals surface area contributed by atoms with Crippen molar-refractivity contribution in [3.05, 3.63) is 52.3 Å². The fraction of sp³-hybridized carbons (Fsp3) is 0.308. The van der Waals surface area contributed by atoms with Gasteiger partial charge in [0.1, 0.15) is 0 Å². The van der Waals surface area contributed by atoms with Crippen LogP contribution < -0.4 is 5.73 Å². The predicted molar refractivity (Wildman–Crippen MR) is 70.1 cm³/mol. The molecule has 0 fully saturated rings. The van der Waals surface area contributed by atoms with Crippen LogP contribution in [0.2, 0.25) is 5.02 Å². The summed E-state index contributed by atoms with van der Waals surface area (Å²) in [5.41, 5.74) is 9.39. The molecule has 90 valence electrons. The van der Waals surface area contributed by atoms with Crippen LogP contribution in [0.3, 0.4) is 0 Å². The predicted octanol–water partition coefficient (Wildman–Crippen LogP) is 2.68. The second-order valence-electron chi connectivity index (χ2n) is 4.09. The van der Waals surface area contributed by atoms with Gasteiger partial charge in [0.25, 0.3) is 0 Å². The maximum atomic E-state index is 6.26. The van der Waals surface area contributed by atoms with Crippen molar-refractivity contribution in [2.45, 2.75) is 19.4 Å². The van der Waals surface area contributed by atoms with Crippen LogP contribution in [0.5, 0.6) is 0 Å². The molecule has 1 atom stereocenters. The van der Waals surface area contributed by atoms with Gasteiger partial charge in [-0.15, -0.1) is 0 Å². The monoisotopic (exact) mass is 249 g/mol. The van der Waals surface area contributed by atoms with Gasteiger partial charge in [-0.2, -0.15) is 5.10 Å². The highest BCUT2D eigenvalue weighted by molar-refractivity contribution is 6.30. The smallest absolute Gasteiger partial charge is 0.0672 e. The van der Waals surface area contributed by atoms with E-state index in [9.17, 15) is 0 Å². The minimum absolute atomic E-state index is 0.169. The number of aryl methyl sites for hydroxylation is 2. The zero-order chi connectivity index (χ0) is 12.4. The molecule has 0 radical (unpaired) electrons. The molecule has 2 rings (SSSR count). The summed E-state index contributed by atoms with van der Waals surface area (Å²) in [6.45, 7) is 2.08. The van der Waals surface area contributed by atoms with Crippen LogP contribution in [0.25, 0.3) is 0 Å². The van der Waals surface area contributed by atoms with Crippen LogP contribution in [0.4, 0.5) is 0 Å². The van der Waals surface area contributed by atoms with E-state index in [1.54, 1.807) is 4.68 Å². The molecule has 2 aromatic rings. The van der Waals surface area contributed by atoms with Gasteiger partial charge in [-0.25, -0.2) is 0 Å². The lowest BCUT2D eigenvalue weighted by Crippen LogP contribution is -2.12. The molecule has 0 saturated carbocycles. The first kappa shape index (κ1) is 12.1. The number of halogens is 1. The molecular weight excluding hydrogens is 234 g/mol. The number of hydrogen-bond acceptors (Lipinski definition) is 2. The lowest BCUT2D eigenvalue weighted by atomic mass is 9.99. The van der Waals surface area contributed by atoms with Gasteiger partial charge in [0.05, 0.1) is 11.7 Å². The van der Waals surface area contributed by atoms with Crippen LogP contribution in [0.1, 0.15) is 29.8 Å². The highest BCUT2D eigenvalue weighted by Crippen LogP contribution is 2.24. The van der Waals surface area contributed by atoms with Crippen LogP contribution >= 0.6 is 11.6 Å². The third kappa shape index (κ3) is 2.51. The van der Waals surface area contributed by atoms with Crippen LogP contribution in [0, 0.1) is 0 Å². The van der Waals surface area contributed by atoms with Crippen LogP contribution in [0.15, 0.2) is 30.5 Å². The molecule has 0 saturated heterocycles. The van der Waals surface area contributed by atoms with E-state index in [1.165, 1.54) is 0 Å². The van der Waals surface area contributed by atoms with Crippen molar-refractivity contribution in [3.8, 4) is 0 Å². The molecule has 0 aliphatic carbocycles. The van der Waals surface area contributed by atoms with E-state index in [4.69, 9.17) is 17.3 Å². The van der Waals surface area contributed by atoms with Crippen LogP contribution in [-0.2, 0) is 13.5 Å². The highest BCUT2D eigenvalue weighted by atomic mass is 35.5. The molecule has 1 unspecified atom stereocenters. The van der Waals surface area contributed by atoms with Crippen molar-refractivity contribution >= 4 is 11.6 Å². The van der Waals surface area contributed by atoms with E-state index in [2.05, 4.69) is 12.0 Å². The molecule has 3 nitrogen and oxygen atoms in total. The summed E-state index contributed by atoms with van der Waals surface area (Å²) >= 11 is 5.98. The molecule has 2 N–H and O–H groups in total. The molecule has 0 aliphatic rings. The third-order valence-corrected chi connectivity index (χ3v) is 3.05. The van der Waals surface area contributed by atoms with Gasteiger partial charge < -0.3 is 5.73 Å². The van der Waals surface area contributed by atoms with E-state index >= 15 is 0 Å². The van der Waals surface area contributed by atoms with Gasteiger partial charge in [0.15, 0.2) is 0 Å². The second-order valence-corrected chi connectivity index (χ2v) is 4.53. The summed E-state index contributed by atoms with van der Waals surface area (Å²) < 4.78 is 1.80. The Bertz CT molecular complexity index is 519. The summed E-state index contributed by atoms with van der Waals surface area (Å²) in [6.07, 6.45) is 2.86. The molecule has 1 aromatic heterocycles. The van der Waals surface area contributed by atoms with E-state index in [0.29, 0.717) is 5.02 Å². The molecule has 4 heteroatoms. The molecule has 0 spiro atoms. The number of aromatic nitrogens is 2. The highest BCUT2D eigenvalue weighted by Gasteiger charge is 2.15. The van der Waals surface area contributed by atoms with Crippen molar-refractivity contribution in [1.82, 2.24) is 9.78 Å². The normalized spacial score (nSPS) is 12.7. The first-order valence-electron chi connectivity index (χ1n) is 5.65. The number of nitrogens with zero attached hydrogens (tertiary/aromatic N) is 2. The van der Waals surface area contributed by atoms with Gasteiger partial charge in [-0.05, 0) is 24.1 Å². The topological polar surface area (TPSA) is 43.8 Å². The minimum atomic E-state index is -0.169. The molecule has 17 heavy (non-hydrogen) atoms. The first-order valence-corrected chi connectivity index (χ1v) is 6.03. The number of nitrogens with two attached hydrogens (primary N) is 1. The Morgan fingerprint density at radius 2 is 2.24 bits per heavy atom. The third-order valence-electron chi connectivity index (χ3n) is 2.82. The van der Waals surface area contributed by atoms with Gasteiger partial charge in [0.2, 0.25) is 0 Å². The largest absolute Gasteiger partial charge is 0.320 e. The number of hydrogen-bond donors (Lipinski definition) is 1. The Labute approximate surface area is 106 Å². The Morgan fingerprint density at radius 3 is 2.88 bits per heavy atom. The van der Waals surface area contributed by atoms with Gasteiger partial charge >= 0.3 is 0 Å². The summed E-state index contributed by atoms with van der Waals surface area (Å²) in [5.74, 6) is 0. The standard InChI is InChI=1S/C13H16ClN3/c1-3-12-11(8-17(2)16-12)13(15)9-5-4-6-10(14)7-9/h4-8,13H,3,15H2,1-2H3. The average Bonchev–Trinajstić information content (AvgIpc) is 2.69. The van der Waals surface area contributed by atoms with Gasteiger partial charge in [-0.1, -0.05) is 30.7 Å². The Hall–Kier alpha value is -1.32. The van der Waals surface area contributed by atoms with Crippen molar-refractivity contribution < 1.29 is 0 Å². The van der Waals surface area contributed by atoms with E-state index in [1.807, 2.05) is 37.5 Å². The van der Waals surface area contributed by atoms with E-state index in [-0.39, 0.29) is 6.04 Å². The van der Waals surface area contributed by atoms with Crippen molar-refractivity contribution in [2.75, 3.05) is 0 Å². The minimum Gasteiger partial charge on any atom is -0.320 e. The summed E-state index contributed by atoms with van der Waals surface area (Å²) in [6, 6.07) is 7.49. The van der Waals surface area contributed by atoms with Crippen molar-refractivity contribution in [1.29, 1.82) is 0 Å². The van der Waals surface area contributed by atoms with Crippen LogP contribution in [-0.4, -0.2) is 9.78 Å². The Balaban J connectivity index is 2.39. The zero-order valence-corrected chi connectivity index (χ0v) is 10.8. The first-order chi connectivity index (χ1) is 8.11. The van der Waals surface area contributed by atoms with E-state index in [0.717, 1.165) is 23.2 Å². The summed E-state index contributed by atoms with van der Waals surface area (Å²) in [4.78, 5) is 0. The zero-order valence-electron chi connectivity index (χ0n) is 10.0. The van der Waals surface area contributed by atoms with Crippen molar-refractivity contribution in [2.24, 2.45) is 12.8 Å². The quantitative estimate of drug-likeness (QED) is 0.909. The second kappa shape index (κ2) is 4.90. The fourth-order valence-corrected chi connectivity index (χ4v) is 2.17. The Kier molecular flexibility index (Phi) is 3.50. The SMILES string of the molecule is CCc1nn(C)cc1C(N)c1cccc(Cl)c1. The number of benzene rings is 1. The molecule has 0 aliphatic heterocycles. The van der Waals surface area contributed by atoms with Crippen molar-refractivity contribution in [3.63, 3.8) is 0 Å². The fourth-order valence-electron chi connectivity index (χ4n) is 1.97. The lowest BCUT2D eigenvalue weighted by molar-refractivity contribution is 0.746. The molecule has 0 bridgehead atoms. The Morgan fingerprint density at radius 1 is 1.47 bits per heavy atom. The summed E-state index contributed by atoms with van der Waals surface area (Å²) in [5, 5.41) is 5.11. The van der Waals surface area contributed by atoms with E-state index < -0.39 is 0 Å². The van der Waals surface area contributed by atoms with Gasteiger partial charge in [0, 0.05) is 23.8 Å². The lowest BCUT2D eigenvalue weighted by Gasteiger charge is -2.12. The molecular formula is C13H16ClN3. The maximum Gasteiger partial charge on any atom is 0.0672 e. The maximum absolute atomic E-state index is 6.26. The number of rotatable bonds is 3. The van der Waals surface area contributed by atoms with Gasteiger partial charge in [-0.3, -0.25) is 4.68 Å². The summed E-state index contributed by atoms with van der Waals surface area (Å²) in [7, 11) is 1.91. The molecule has 1 aromatic carbocycles. The molecule has 0 amide bonds. The molecule has 1 heterocycles.